The van der Waals surface area contributed by atoms with Crippen LogP contribution in [-0.4, -0.2) is 58.3 Å². The number of carbonyl (C=O) groups is 1. The molecule has 0 aliphatic heterocycles. The molecule has 6 nitrogen and oxygen atoms in total. The Balaban J connectivity index is 3.14. The lowest BCUT2D eigenvalue weighted by Crippen LogP contribution is -2.88. The molecule has 0 saturated heterocycles. The smallest absolute Gasteiger partial charge is 0.219 e. The molecule has 0 heterocycles. The summed E-state index contributed by atoms with van der Waals surface area (Å²) in [5.41, 5.74) is 3.88. The first kappa shape index (κ1) is 34.3. The Bertz CT molecular complexity index is 409. The van der Waals surface area contributed by atoms with Crippen molar-refractivity contribution in [2.24, 2.45) is 0 Å². The molecular formula is C29H67N5O+4. The molecule has 0 aliphatic rings. The Hall–Kier alpha value is -0.690. The zero-order valence-electron chi connectivity index (χ0n) is 23.9. The summed E-state index contributed by atoms with van der Waals surface area (Å²) in [5, 5.41) is 10.4. The summed E-state index contributed by atoms with van der Waals surface area (Å²) >= 11 is 0. The minimum absolute atomic E-state index is 0.252. The number of quaternary nitrogens is 4. The van der Waals surface area contributed by atoms with Crippen molar-refractivity contribution >= 4 is 5.91 Å². The number of nitrogens with one attached hydrogen (secondary N) is 1. The Morgan fingerprint density at radius 1 is 0.543 bits per heavy atom. The lowest BCUT2D eigenvalue weighted by Gasteiger charge is -2.06. The van der Waals surface area contributed by atoms with Crippen molar-refractivity contribution in [3.8, 4) is 0 Å². The van der Waals surface area contributed by atoms with E-state index in [0.717, 1.165) is 32.5 Å². The first-order valence-corrected chi connectivity index (χ1v) is 15.8. The summed E-state index contributed by atoms with van der Waals surface area (Å²) in [6.07, 6.45) is 24.6. The molecule has 0 unspecified atom stereocenters. The number of carbonyl (C=O) groups excluding carboxylic acids is 1. The average molecular weight is 502 g/mol. The van der Waals surface area contributed by atoms with Gasteiger partial charge in [0.25, 0.3) is 0 Å². The summed E-state index contributed by atoms with van der Waals surface area (Å²) in [7, 11) is 0. The van der Waals surface area contributed by atoms with Gasteiger partial charge in [0.1, 0.15) is 0 Å². The van der Waals surface area contributed by atoms with E-state index < -0.39 is 0 Å². The lowest BCUT2D eigenvalue weighted by atomic mass is 10.0. The summed E-state index contributed by atoms with van der Waals surface area (Å²) in [6, 6.07) is 0. The highest BCUT2D eigenvalue weighted by Gasteiger charge is 2.02. The topological polar surface area (TPSA) is 107 Å². The summed E-state index contributed by atoms with van der Waals surface area (Å²) in [6.45, 7) is 11.6. The van der Waals surface area contributed by atoms with Gasteiger partial charge in [0, 0.05) is 45.1 Å². The maximum absolute atomic E-state index is 12.0. The second kappa shape index (κ2) is 31.3. The van der Waals surface area contributed by atoms with Crippen LogP contribution in [0.5, 0.6) is 0 Å². The number of amides is 1. The van der Waals surface area contributed by atoms with Crippen LogP contribution < -0.4 is 27.0 Å². The molecule has 35 heavy (non-hydrogen) atoms. The Morgan fingerprint density at radius 2 is 0.971 bits per heavy atom. The normalized spacial score (nSPS) is 11.3. The highest BCUT2D eigenvalue weighted by atomic mass is 16.1. The van der Waals surface area contributed by atoms with Crippen molar-refractivity contribution in [3.63, 3.8) is 0 Å². The van der Waals surface area contributed by atoms with Crippen LogP contribution >= 0.6 is 0 Å². The first-order chi connectivity index (χ1) is 17.3. The molecule has 0 aromatic carbocycles. The molecule has 0 fully saturated rings. The van der Waals surface area contributed by atoms with Crippen LogP contribution in [0.1, 0.15) is 129 Å². The summed E-state index contributed by atoms with van der Waals surface area (Å²) in [4.78, 5) is 12.0. The number of rotatable bonds is 30. The van der Waals surface area contributed by atoms with Crippen LogP contribution in [-0.2, 0) is 4.79 Å². The maximum atomic E-state index is 12.0. The fourth-order valence-corrected chi connectivity index (χ4v) is 4.57. The van der Waals surface area contributed by atoms with Gasteiger partial charge in [-0.1, -0.05) is 84.0 Å². The van der Waals surface area contributed by atoms with Crippen molar-refractivity contribution in [2.75, 3.05) is 52.4 Å². The molecule has 0 rings (SSSR count). The second-order valence-corrected chi connectivity index (χ2v) is 10.6. The number of hydrogen-bond acceptors (Lipinski definition) is 1. The quantitative estimate of drug-likeness (QED) is 0.0945. The lowest BCUT2D eigenvalue weighted by molar-refractivity contribution is -0.682. The third kappa shape index (κ3) is 31.3. The van der Waals surface area contributed by atoms with Gasteiger partial charge in [0.2, 0.25) is 5.91 Å². The molecule has 0 aromatic rings. The van der Waals surface area contributed by atoms with E-state index in [2.05, 4.69) is 33.9 Å². The fourth-order valence-electron chi connectivity index (χ4n) is 4.57. The van der Waals surface area contributed by atoms with Gasteiger partial charge >= 0.3 is 0 Å². The van der Waals surface area contributed by atoms with Crippen LogP contribution in [0.15, 0.2) is 0 Å². The Morgan fingerprint density at radius 3 is 1.49 bits per heavy atom. The number of hydrogen-bond donors (Lipinski definition) is 5. The van der Waals surface area contributed by atoms with Crippen LogP contribution in [0.3, 0.4) is 0 Å². The van der Waals surface area contributed by atoms with Crippen LogP contribution in [0, 0.1) is 0 Å². The zero-order valence-corrected chi connectivity index (χ0v) is 23.9. The third-order valence-electron chi connectivity index (χ3n) is 6.96. The molecule has 10 N–H and O–H groups in total. The molecule has 0 atom stereocenters. The minimum Gasteiger partial charge on any atom is -0.357 e. The number of nitrogens with two attached hydrogens (primary N) is 3. The third-order valence-corrected chi connectivity index (χ3v) is 6.96. The van der Waals surface area contributed by atoms with E-state index in [1.54, 1.807) is 0 Å². The second-order valence-electron chi connectivity index (χ2n) is 10.6. The van der Waals surface area contributed by atoms with E-state index in [-0.39, 0.29) is 5.91 Å². The standard InChI is InChI=1S/C29H63N5O/c1-2-3-4-5-6-7-8-9-10-11-12-13-14-20-29(35)34-28-19-27-33-26-18-25-32-23-16-15-22-31-24-17-21-30/h31-33H,2-28,30H2,1H3,(H,34,35)/p+4. The maximum Gasteiger partial charge on any atom is 0.219 e. The number of unbranched alkanes of at least 4 members (excludes halogenated alkanes) is 13. The van der Waals surface area contributed by atoms with Crippen molar-refractivity contribution < 1.29 is 26.5 Å². The molecule has 0 bridgehead atoms. The van der Waals surface area contributed by atoms with Gasteiger partial charge in [-0.25, -0.2) is 0 Å². The van der Waals surface area contributed by atoms with Crippen molar-refractivity contribution in [1.29, 1.82) is 0 Å². The molecule has 0 aliphatic carbocycles. The summed E-state index contributed by atoms with van der Waals surface area (Å²) < 4.78 is 0. The van der Waals surface area contributed by atoms with E-state index in [1.165, 1.54) is 135 Å². The van der Waals surface area contributed by atoms with E-state index in [4.69, 9.17) is 0 Å². The first-order valence-electron chi connectivity index (χ1n) is 15.8. The van der Waals surface area contributed by atoms with Crippen LogP contribution in [0.25, 0.3) is 0 Å². The molecule has 0 spiro atoms. The molecule has 1 amide bonds. The van der Waals surface area contributed by atoms with Gasteiger partial charge in [-0.2, -0.15) is 0 Å². The predicted octanol–water partition coefficient (Wildman–Crippen LogP) is 1.47. The van der Waals surface area contributed by atoms with E-state index in [9.17, 15) is 4.79 Å². The Kier molecular flexibility index (Phi) is 30.7. The molecule has 0 saturated carbocycles. The molecule has 210 valence electrons. The van der Waals surface area contributed by atoms with Crippen LogP contribution in [0.2, 0.25) is 0 Å². The van der Waals surface area contributed by atoms with Gasteiger partial charge in [-0.15, -0.1) is 0 Å². The average Bonchev–Trinajstić information content (AvgIpc) is 2.86. The molecular weight excluding hydrogens is 434 g/mol. The van der Waals surface area contributed by atoms with Crippen molar-refractivity contribution in [3.05, 3.63) is 0 Å². The van der Waals surface area contributed by atoms with Gasteiger partial charge in [-0.05, 0) is 6.42 Å². The molecule has 0 aromatic heterocycles. The summed E-state index contributed by atoms with van der Waals surface area (Å²) in [5.74, 6) is 0.252. The largest absolute Gasteiger partial charge is 0.357 e. The van der Waals surface area contributed by atoms with E-state index in [1.807, 2.05) is 0 Å². The highest BCUT2D eigenvalue weighted by molar-refractivity contribution is 5.75. The zero-order chi connectivity index (χ0) is 25.5. The van der Waals surface area contributed by atoms with Gasteiger partial charge in [0.15, 0.2) is 0 Å². The van der Waals surface area contributed by atoms with Crippen molar-refractivity contribution in [1.82, 2.24) is 5.32 Å². The fraction of sp³-hybridized carbons (Fsp3) is 0.966. The Labute approximate surface area is 219 Å². The van der Waals surface area contributed by atoms with Crippen molar-refractivity contribution in [2.45, 2.75) is 129 Å². The SMILES string of the molecule is CCCCCCCCCCCCCCCC(=O)NCCC[NH2+]CCC[NH2+]CCCC[NH2+]CCC[NH3+]. The monoisotopic (exact) mass is 502 g/mol. The van der Waals surface area contributed by atoms with E-state index in [0.29, 0.717) is 6.42 Å². The van der Waals surface area contributed by atoms with E-state index >= 15 is 0 Å². The van der Waals surface area contributed by atoms with Crippen LogP contribution in [0.4, 0.5) is 0 Å². The van der Waals surface area contributed by atoms with Gasteiger partial charge < -0.3 is 27.0 Å². The minimum atomic E-state index is 0.252. The molecule has 0 radical (unpaired) electrons. The molecule has 6 heteroatoms. The highest BCUT2D eigenvalue weighted by Crippen LogP contribution is 2.12. The predicted molar refractivity (Wildman–Crippen MR) is 149 cm³/mol. The van der Waals surface area contributed by atoms with Gasteiger partial charge in [-0.3, -0.25) is 4.79 Å². The van der Waals surface area contributed by atoms with Gasteiger partial charge in [0.05, 0.1) is 45.8 Å².